The van der Waals surface area contributed by atoms with Crippen LogP contribution in [0.15, 0.2) is 30.6 Å². The van der Waals surface area contributed by atoms with E-state index in [0.29, 0.717) is 19.5 Å². The average Bonchev–Trinajstić information content (AvgIpc) is 2.71. The van der Waals surface area contributed by atoms with E-state index in [1.807, 2.05) is 24.1 Å². The van der Waals surface area contributed by atoms with Gasteiger partial charge in [-0.25, -0.2) is 4.98 Å². The highest BCUT2D eigenvalue weighted by Crippen LogP contribution is 2.31. The topological polar surface area (TPSA) is 89.9 Å². The summed E-state index contributed by atoms with van der Waals surface area (Å²) in [4.78, 5) is 37.7. The Bertz CT molecular complexity index is 908. The summed E-state index contributed by atoms with van der Waals surface area (Å²) in [6, 6.07) is 6.05. The molecule has 1 aromatic heterocycles. The summed E-state index contributed by atoms with van der Waals surface area (Å²) in [5.74, 6) is 0.150. The zero-order valence-corrected chi connectivity index (χ0v) is 15.8. The van der Waals surface area contributed by atoms with Crippen LogP contribution >= 0.6 is 0 Å². The van der Waals surface area contributed by atoms with Crippen LogP contribution in [0.3, 0.4) is 0 Å². The van der Waals surface area contributed by atoms with E-state index in [0.717, 1.165) is 47.8 Å². The maximum absolute atomic E-state index is 11.9. The molecule has 1 N–H and O–H groups in total. The van der Waals surface area contributed by atoms with Crippen LogP contribution in [0.2, 0.25) is 0 Å². The molecular weight excluding hydrogens is 358 g/mol. The molecule has 28 heavy (non-hydrogen) atoms. The SMILES string of the molecule is CN1C(=O)CCc2cc(-c3cncc(N4CCN(CC(=O)O)CC4)n3)ccc21. The largest absolute Gasteiger partial charge is 0.480 e. The first-order valence-corrected chi connectivity index (χ1v) is 9.42. The smallest absolute Gasteiger partial charge is 0.317 e. The number of carboxylic acids is 1. The van der Waals surface area contributed by atoms with Gasteiger partial charge in [0.05, 0.1) is 24.6 Å². The number of carbonyl (C=O) groups excluding carboxylic acids is 1. The Hall–Kier alpha value is -3.00. The molecule has 0 saturated carbocycles. The molecule has 0 atom stereocenters. The van der Waals surface area contributed by atoms with Crippen molar-refractivity contribution in [3.8, 4) is 11.3 Å². The molecule has 0 radical (unpaired) electrons. The van der Waals surface area contributed by atoms with Gasteiger partial charge in [0, 0.05) is 50.9 Å². The van der Waals surface area contributed by atoms with Crippen LogP contribution in [0.1, 0.15) is 12.0 Å². The number of hydrogen-bond donors (Lipinski definition) is 1. The van der Waals surface area contributed by atoms with E-state index in [-0.39, 0.29) is 12.5 Å². The highest BCUT2D eigenvalue weighted by Gasteiger charge is 2.22. The van der Waals surface area contributed by atoms with E-state index in [1.54, 1.807) is 17.3 Å². The van der Waals surface area contributed by atoms with Crippen LogP contribution in [0.25, 0.3) is 11.3 Å². The quantitative estimate of drug-likeness (QED) is 0.853. The van der Waals surface area contributed by atoms with Gasteiger partial charge in [-0.3, -0.25) is 19.5 Å². The fraction of sp³-hybridized carbons (Fsp3) is 0.400. The number of aromatic nitrogens is 2. The van der Waals surface area contributed by atoms with Crippen LogP contribution in [0.5, 0.6) is 0 Å². The van der Waals surface area contributed by atoms with Crippen LogP contribution in [0.4, 0.5) is 11.5 Å². The summed E-state index contributed by atoms with van der Waals surface area (Å²) in [5.41, 5.74) is 3.89. The van der Waals surface area contributed by atoms with Crippen molar-refractivity contribution in [1.29, 1.82) is 0 Å². The number of amides is 1. The molecule has 1 amide bonds. The van der Waals surface area contributed by atoms with Crippen molar-refractivity contribution in [2.24, 2.45) is 0 Å². The fourth-order valence-corrected chi connectivity index (χ4v) is 3.79. The second-order valence-electron chi connectivity index (χ2n) is 7.22. The lowest BCUT2D eigenvalue weighted by Crippen LogP contribution is -2.48. The first-order chi connectivity index (χ1) is 13.5. The predicted molar refractivity (Wildman–Crippen MR) is 105 cm³/mol. The van der Waals surface area contributed by atoms with E-state index < -0.39 is 5.97 Å². The highest BCUT2D eigenvalue weighted by molar-refractivity contribution is 5.96. The highest BCUT2D eigenvalue weighted by atomic mass is 16.4. The number of aliphatic carboxylic acids is 1. The maximum Gasteiger partial charge on any atom is 0.317 e. The van der Waals surface area contributed by atoms with Crippen molar-refractivity contribution in [2.75, 3.05) is 49.6 Å². The Morgan fingerprint density at radius 1 is 1.14 bits per heavy atom. The van der Waals surface area contributed by atoms with E-state index in [4.69, 9.17) is 10.1 Å². The average molecular weight is 381 g/mol. The summed E-state index contributed by atoms with van der Waals surface area (Å²) in [7, 11) is 1.81. The molecule has 0 spiro atoms. The van der Waals surface area contributed by atoms with Crippen LogP contribution in [-0.4, -0.2) is 71.6 Å². The molecule has 0 bridgehead atoms. The van der Waals surface area contributed by atoms with Gasteiger partial charge in [-0.15, -0.1) is 0 Å². The minimum Gasteiger partial charge on any atom is -0.480 e. The molecule has 2 aliphatic heterocycles. The predicted octanol–water partition coefficient (Wildman–Crippen LogP) is 1.26. The molecule has 1 saturated heterocycles. The summed E-state index contributed by atoms with van der Waals surface area (Å²) in [6.07, 6.45) is 4.77. The molecule has 0 unspecified atom stereocenters. The second-order valence-corrected chi connectivity index (χ2v) is 7.22. The maximum atomic E-state index is 11.9. The first kappa shape index (κ1) is 18.4. The molecule has 8 nitrogen and oxygen atoms in total. The molecule has 0 aliphatic carbocycles. The van der Waals surface area contributed by atoms with E-state index in [9.17, 15) is 9.59 Å². The first-order valence-electron chi connectivity index (χ1n) is 9.42. The summed E-state index contributed by atoms with van der Waals surface area (Å²) < 4.78 is 0. The van der Waals surface area contributed by atoms with Crippen molar-refractivity contribution in [3.63, 3.8) is 0 Å². The molecule has 146 valence electrons. The number of rotatable bonds is 4. The van der Waals surface area contributed by atoms with Gasteiger partial charge in [0.2, 0.25) is 5.91 Å². The Morgan fingerprint density at radius 3 is 2.68 bits per heavy atom. The van der Waals surface area contributed by atoms with Gasteiger partial charge in [-0.2, -0.15) is 0 Å². The van der Waals surface area contributed by atoms with Gasteiger partial charge in [0.15, 0.2) is 0 Å². The number of carbonyl (C=O) groups is 2. The standard InChI is InChI=1S/C20H23N5O3/c1-23-17-4-2-14(10-15(17)3-5-19(23)26)16-11-21-12-18(22-16)25-8-6-24(7-9-25)13-20(27)28/h2,4,10-12H,3,5-9,13H2,1H3,(H,27,28). The summed E-state index contributed by atoms with van der Waals surface area (Å²) >= 11 is 0. The minimum atomic E-state index is -0.796. The second kappa shape index (κ2) is 7.55. The molecule has 2 aromatic rings. The van der Waals surface area contributed by atoms with Crippen molar-refractivity contribution < 1.29 is 14.7 Å². The van der Waals surface area contributed by atoms with Gasteiger partial charge >= 0.3 is 5.97 Å². The van der Waals surface area contributed by atoms with Crippen LogP contribution in [-0.2, 0) is 16.0 Å². The van der Waals surface area contributed by atoms with Gasteiger partial charge in [0.1, 0.15) is 5.82 Å². The lowest BCUT2D eigenvalue weighted by atomic mass is 9.98. The van der Waals surface area contributed by atoms with E-state index in [1.165, 1.54) is 0 Å². The number of anilines is 2. The van der Waals surface area contributed by atoms with Crippen LogP contribution in [0, 0.1) is 0 Å². The Balaban J connectivity index is 1.52. The van der Waals surface area contributed by atoms with Crippen molar-refractivity contribution in [1.82, 2.24) is 14.9 Å². The Kier molecular flexibility index (Phi) is 4.95. The number of carboxylic acid groups (broad SMARTS) is 1. The monoisotopic (exact) mass is 381 g/mol. The third-order valence-corrected chi connectivity index (χ3v) is 5.40. The number of aryl methyl sites for hydroxylation is 1. The number of hydrogen-bond acceptors (Lipinski definition) is 6. The number of benzene rings is 1. The van der Waals surface area contributed by atoms with Gasteiger partial charge in [-0.1, -0.05) is 6.07 Å². The lowest BCUT2D eigenvalue weighted by Gasteiger charge is -2.34. The van der Waals surface area contributed by atoms with Crippen molar-refractivity contribution >= 4 is 23.4 Å². The van der Waals surface area contributed by atoms with Crippen molar-refractivity contribution in [3.05, 3.63) is 36.2 Å². The summed E-state index contributed by atoms with van der Waals surface area (Å²) in [6.45, 7) is 2.91. The van der Waals surface area contributed by atoms with Gasteiger partial charge in [-0.05, 0) is 24.1 Å². The zero-order valence-electron chi connectivity index (χ0n) is 15.8. The Morgan fingerprint density at radius 2 is 1.93 bits per heavy atom. The molecule has 8 heteroatoms. The normalized spacial score (nSPS) is 17.5. The molecule has 2 aliphatic rings. The molecule has 3 heterocycles. The number of fused-ring (bicyclic) bond motifs is 1. The Labute approximate surface area is 163 Å². The molecule has 4 rings (SSSR count). The zero-order chi connectivity index (χ0) is 19.7. The van der Waals surface area contributed by atoms with Crippen LogP contribution < -0.4 is 9.80 Å². The summed E-state index contributed by atoms with van der Waals surface area (Å²) in [5, 5.41) is 8.93. The molecule has 1 aromatic carbocycles. The lowest BCUT2D eigenvalue weighted by molar-refractivity contribution is -0.138. The minimum absolute atomic E-state index is 0.0750. The third kappa shape index (κ3) is 3.68. The fourth-order valence-electron chi connectivity index (χ4n) is 3.79. The number of piperazine rings is 1. The molecular formula is C20H23N5O3. The van der Waals surface area contributed by atoms with Gasteiger partial charge < -0.3 is 14.9 Å². The van der Waals surface area contributed by atoms with Crippen molar-refractivity contribution in [2.45, 2.75) is 12.8 Å². The van der Waals surface area contributed by atoms with E-state index in [2.05, 4.69) is 16.0 Å². The third-order valence-electron chi connectivity index (χ3n) is 5.40. The number of nitrogens with zero attached hydrogens (tertiary/aromatic N) is 5. The van der Waals surface area contributed by atoms with Gasteiger partial charge in [0.25, 0.3) is 0 Å². The molecule has 1 fully saturated rings. The van der Waals surface area contributed by atoms with E-state index >= 15 is 0 Å².